The van der Waals surface area contributed by atoms with Crippen molar-refractivity contribution in [3.63, 3.8) is 0 Å². The molecule has 0 radical (unpaired) electrons. The first-order valence-corrected chi connectivity index (χ1v) is 10.1. The van der Waals surface area contributed by atoms with E-state index in [0.717, 1.165) is 17.7 Å². The van der Waals surface area contributed by atoms with Crippen molar-refractivity contribution in [2.24, 2.45) is 0 Å². The number of halogens is 1. The molecule has 2 amide bonds. The third-order valence-corrected chi connectivity index (χ3v) is 5.79. The van der Waals surface area contributed by atoms with E-state index in [0.29, 0.717) is 44.1 Å². The van der Waals surface area contributed by atoms with Gasteiger partial charge >= 0.3 is 0 Å². The highest BCUT2D eigenvalue weighted by atomic mass is 19.1. The Bertz CT molecular complexity index is 969. The van der Waals surface area contributed by atoms with Crippen LogP contribution in [-0.4, -0.2) is 60.5 Å². The molecule has 0 aliphatic carbocycles. The van der Waals surface area contributed by atoms with Crippen LogP contribution >= 0.6 is 0 Å². The number of ether oxygens (including phenoxy) is 2. The first kappa shape index (κ1) is 18.9. The molecule has 3 aliphatic rings. The Balaban J connectivity index is 1.19. The van der Waals surface area contributed by atoms with Crippen molar-refractivity contribution >= 4 is 17.5 Å². The molecule has 2 fully saturated rings. The van der Waals surface area contributed by atoms with Gasteiger partial charge in [0, 0.05) is 49.8 Å². The number of fused-ring (bicyclic) bond motifs is 1. The van der Waals surface area contributed by atoms with E-state index in [1.807, 2.05) is 12.1 Å². The summed E-state index contributed by atoms with van der Waals surface area (Å²) in [5.41, 5.74) is 2.17. The summed E-state index contributed by atoms with van der Waals surface area (Å²) in [6.45, 7) is 2.71. The molecule has 30 heavy (non-hydrogen) atoms. The Morgan fingerprint density at radius 2 is 1.70 bits per heavy atom. The summed E-state index contributed by atoms with van der Waals surface area (Å²) in [5, 5.41) is 3.19. The van der Waals surface area contributed by atoms with Crippen molar-refractivity contribution < 1.29 is 23.5 Å². The van der Waals surface area contributed by atoms with E-state index in [1.165, 1.54) is 12.1 Å². The molecule has 2 unspecified atom stereocenters. The molecule has 0 bridgehead atoms. The van der Waals surface area contributed by atoms with E-state index in [4.69, 9.17) is 9.47 Å². The van der Waals surface area contributed by atoms with Crippen LogP contribution in [0.15, 0.2) is 42.5 Å². The van der Waals surface area contributed by atoms with E-state index in [1.54, 1.807) is 28.0 Å². The topological polar surface area (TPSA) is 71.1 Å². The fourth-order valence-corrected chi connectivity index (χ4v) is 3.91. The minimum atomic E-state index is -0.422. The number of nitrogens with one attached hydrogen (secondary N) is 1. The second-order valence-electron chi connectivity index (χ2n) is 7.67. The van der Waals surface area contributed by atoms with Gasteiger partial charge in [-0.15, -0.1) is 0 Å². The van der Waals surface area contributed by atoms with E-state index >= 15 is 0 Å². The second kappa shape index (κ2) is 7.60. The number of nitrogens with zero attached hydrogens (tertiary/aromatic N) is 2. The molecule has 2 saturated heterocycles. The molecule has 3 aliphatic heterocycles. The minimum Gasteiger partial charge on any atom is -0.464 e. The molecule has 5 rings (SSSR count). The summed E-state index contributed by atoms with van der Waals surface area (Å²) in [7, 11) is 0. The molecule has 7 nitrogen and oxygen atoms in total. The molecule has 2 atom stereocenters. The second-order valence-corrected chi connectivity index (χ2v) is 7.67. The summed E-state index contributed by atoms with van der Waals surface area (Å²) in [5.74, 6) is 0.0980. The van der Waals surface area contributed by atoms with Gasteiger partial charge in [-0.2, -0.15) is 0 Å². The molecule has 0 spiro atoms. The van der Waals surface area contributed by atoms with Crippen molar-refractivity contribution in [1.82, 2.24) is 9.80 Å². The lowest BCUT2D eigenvalue weighted by atomic mass is 10.1. The van der Waals surface area contributed by atoms with E-state index in [2.05, 4.69) is 5.32 Å². The van der Waals surface area contributed by atoms with Crippen LogP contribution in [0.3, 0.4) is 0 Å². The molecular formula is C22H22FN3O4. The van der Waals surface area contributed by atoms with Gasteiger partial charge in [0.25, 0.3) is 11.8 Å². The highest BCUT2D eigenvalue weighted by Crippen LogP contribution is 2.38. The number of rotatable bonds is 3. The number of carbonyl (C=O) groups is 2. The third kappa shape index (κ3) is 3.47. The number of hydrogen-bond acceptors (Lipinski definition) is 5. The van der Waals surface area contributed by atoms with Crippen LogP contribution < -0.4 is 10.1 Å². The minimum absolute atomic E-state index is 0.0302. The van der Waals surface area contributed by atoms with Crippen molar-refractivity contribution in [2.75, 3.05) is 38.1 Å². The zero-order chi connectivity index (χ0) is 20.7. The van der Waals surface area contributed by atoms with Crippen molar-refractivity contribution in [3.05, 3.63) is 59.4 Å². The molecule has 1 N–H and O–H groups in total. The maximum Gasteiger partial charge on any atom is 0.253 e. The Morgan fingerprint density at radius 3 is 2.37 bits per heavy atom. The van der Waals surface area contributed by atoms with Crippen LogP contribution in [-0.2, 0) is 9.53 Å². The Kier molecular flexibility index (Phi) is 4.78. The fraction of sp³-hybridized carbons (Fsp3) is 0.364. The molecule has 2 aromatic rings. The first-order valence-electron chi connectivity index (χ1n) is 10.1. The van der Waals surface area contributed by atoms with E-state index in [-0.39, 0.29) is 23.7 Å². The van der Waals surface area contributed by atoms with Crippen LogP contribution in [0.25, 0.3) is 0 Å². The van der Waals surface area contributed by atoms with E-state index in [9.17, 15) is 14.0 Å². The van der Waals surface area contributed by atoms with Crippen molar-refractivity contribution in [1.29, 1.82) is 0 Å². The largest absolute Gasteiger partial charge is 0.464 e. The SMILES string of the molecule is O=C(c1ccc(C2Nc3ccc(F)cc3O2)cc1)N1CCN(C(=O)C2CCO2)CC1. The average Bonchev–Trinajstić information content (AvgIpc) is 3.15. The number of amides is 2. The summed E-state index contributed by atoms with van der Waals surface area (Å²) in [6.07, 6.45) is 0.0623. The predicted octanol–water partition coefficient (Wildman–Crippen LogP) is 2.40. The summed E-state index contributed by atoms with van der Waals surface area (Å²) in [4.78, 5) is 28.6. The highest BCUT2D eigenvalue weighted by molar-refractivity contribution is 5.94. The van der Waals surface area contributed by atoms with Gasteiger partial charge in [-0.3, -0.25) is 9.59 Å². The predicted molar refractivity (Wildman–Crippen MR) is 107 cm³/mol. The monoisotopic (exact) mass is 411 g/mol. The Labute approximate surface area is 173 Å². The smallest absolute Gasteiger partial charge is 0.253 e. The van der Waals surface area contributed by atoms with Gasteiger partial charge in [-0.25, -0.2) is 4.39 Å². The van der Waals surface area contributed by atoms with Crippen LogP contribution in [0.1, 0.15) is 28.6 Å². The Morgan fingerprint density at radius 1 is 1.00 bits per heavy atom. The van der Waals surface area contributed by atoms with Gasteiger partial charge in [-0.1, -0.05) is 12.1 Å². The summed E-state index contributed by atoms with van der Waals surface area (Å²) < 4.78 is 24.4. The van der Waals surface area contributed by atoms with Gasteiger partial charge in [0.05, 0.1) is 12.3 Å². The fourth-order valence-electron chi connectivity index (χ4n) is 3.91. The van der Waals surface area contributed by atoms with Gasteiger partial charge < -0.3 is 24.6 Å². The number of benzene rings is 2. The number of piperazine rings is 1. The van der Waals surface area contributed by atoms with Gasteiger partial charge in [0.1, 0.15) is 17.7 Å². The number of hydrogen-bond donors (Lipinski definition) is 1. The summed E-state index contributed by atoms with van der Waals surface area (Å²) in [6, 6.07) is 11.6. The summed E-state index contributed by atoms with van der Waals surface area (Å²) >= 11 is 0. The van der Waals surface area contributed by atoms with Crippen LogP contribution in [0.2, 0.25) is 0 Å². The zero-order valence-corrected chi connectivity index (χ0v) is 16.3. The first-order chi connectivity index (χ1) is 14.6. The van der Waals surface area contributed by atoms with E-state index < -0.39 is 6.23 Å². The molecule has 0 saturated carbocycles. The van der Waals surface area contributed by atoms with Crippen molar-refractivity contribution in [3.8, 4) is 5.75 Å². The van der Waals surface area contributed by atoms with Gasteiger partial charge in [0.15, 0.2) is 6.23 Å². The quantitative estimate of drug-likeness (QED) is 0.840. The van der Waals surface area contributed by atoms with Crippen LogP contribution in [0.4, 0.5) is 10.1 Å². The molecule has 8 heteroatoms. The standard InChI is InChI=1S/C22H22FN3O4/c23-16-5-6-17-19(13-16)30-20(24-17)14-1-3-15(4-2-14)21(27)25-8-10-26(11-9-25)22(28)18-7-12-29-18/h1-6,13,18,20,24H,7-12H2. The lowest BCUT2D eigenvalue weighted by Gasteiger charge is -2.38. The van der Waals surface area contributed by atoms with Gasteiger partial charge in [0.2, 0.25) is 0 Å². The zero-order valence-electron chi connectivity index (χ0n) is 16.3. The van der Waals surface area contributed by atoms with Crippen molar-refractivity contribution in [2.45, 2.75) is 18.8 Å². The lowest BCUT2D eigenvalue weighted by Crippen LogP contribution is -2.54. The molecule has 156 valence electrons. The maximum atomic E-state index is 13.4. The highest BCUT2D eigenvalue weighted by Gasteiger charge is 2.33. The number of carbonyl (C=O) groups excluding carboxylic acids is 2. The molecular weight excluding hydrogens is 389 g/mol. The molecule has 2 aromatic carbocycles. The van der Waals surface area contributed by atoms with Crippen LogP contribution in [0.5, 0.6) is 5.75 Å². The normalized spacial score (nSPS) is 22.6. The van der Waals surface area contributed by atoms with Crippen LogP contribution in [0, 0.1) is 5.82 Å². The third-order valence-electron chi connectivity index (χ3n) is 5.79. The average molecular weight is 411 g/mol. The maximum absolute atomic E-state index is 13.4. The molecule has 3 heterocycles. The molecule has 0 aromatic heterocycles. The lowest BCUT2D eigenvalue weighted by molar-refractivity contribution is -0.157. The Hall–Kier alpha value is -3.13. The number of anilines is 1. The van der Waals surface area contributed by atoms with Gasteiger partial charge in [-0.05, 0) is 24.3 Å².